The summed E-state index contributed by atoms with van der Waals surface area (Å²) in [5, 5.41) is 7.73. The van der Waals surface area contributed by atoms with Crippen LogP contribution >= 0.6 is 7.82 Å². The van der Waals surface area contributed by atoms with Gasteiger partial charge in [-0.2, -0.15) is 10.2 Å². The molecule has 2 rings (SSSR count). The molecular weight excluding hydrogens is 309 g/mol. The zero-order valence-corrected chi connectivity index (χ0v) is 16.1. The summed E-state index contributed by atoms with van der Waals surface area (Å²) < 4.78 is 17.7. The van der Waals surface area contributed by atoms with Gasteiger partial charge in [-0.05, 0) is 6.92 Å². The van der Waals surface area contributed by atoms with Crippen molar-refractivity contribution >= 4 is 7.82 Å². The van der Waals surface area contributed by atoms with Crippen LogP contribution in [0.5, 0.6) is 0 Å². The van der Waals surface area contributed by atoms with E-state index in [2.05, 4.69) is 24.7 Å². The average molecular weight is 318 g/mol. The number of phosphoric ester groups is 1. The van der Waals surface area contributed by atoms with Gasteiger partial charge in [0.2, 0.25) is 0 Å². The molecule has 0 aliphatic carbocycles. The molecule has 0 N–H and O–H groups in total. The first-order valence-corrected chi connectivity index (χ1v) is 6.32. The van der Waals surface area contributed by atoms with Crippen LogP contribution < -0.4 is 68.9 Å². The summed E-state index contributed by atoms with van der Waals surface area (Å²) in [5.41, 5.74) is 0. The molecule has 2 heterocycles. The molecule has 0 saturated carbocycles. The number of phosphoric acid groups is 1. The van der Waals surface area contributed by atoms with Gasteiger partial charge in [-0.1, -0.05) is 0 Å². The fourth-order valence-electron chi connectivity index (χ4n) is 1.52. The average Bonchev–Trinajstić information content (AvgIpc) is 2.87. The van der Waals surface area contributed by atoms with Gasteiger partial charge in [-0.15, -0.1) is 0 Å². The van der Waals surface area contributed by atoms with Gasteiger partial charge in [0.05, 0.1) is 7.82 Å². The van der Waals surface area contributed by atoms with Gasteiger partial charge in [0.1, 0.15) is 31.4 Å². The maximum Gasteiger partial charge on any atom is 1.00 e. The Morgan fingerprint density at radius 3 is 1.85 bits per heavy atom. The van der Waals surface area contributed by atoms with Crippen LogP contribution in [0.2, 0.25) is 0 Å². The van der Waals surface area contributed by atoms with Crippen molar-refractivity contribution in [2.45, 2.75) is 19.2 Å². The molecular formula is C7H9N6Na2O4P. The molecule has 13 heteroatoms. The SMILES string of the molecule is CC(OP(=O)([O-])[O-])C(n1cncn1)n1cncn1.[Na+].[Na+]. The summed E-state index contributed by atoms with van der Waals surface area (Å²) in [6, 6.07) is 0. The quantitative estimate of drug-likeness (QED) is 0.392. The van der Waals surface area contributed by atoms with Gasteiger partial charge in [-0.3, -0.25) is 0 Å². The van der Waals surface area contributed by atoms with E-state index in [0.29, 0.717) is 0 Å². The molecule has 0 bridgehead atoms. The Bertz CT molecular complexity index is 497. The monoisotopic (exact) mass is 318 g/mol. The van der Waals surface area contributed by atoms with Gasteiger partial charge < -0.3 is 18.9 Å². The van der Waals surface area contributed by atoms with Gasteiger partial charge in [0.15, 0.2) is 6.17 Å². The van der Waals surface area contributed by atoms with E-state index in [1.807, 2.05) is 0 Å². The summed E-state index contributed by atoms with van der Waals surface area (Å²) in [7, 11) is -5.10. The number of aromatic nitrogens is 6. The largest absolute Gasteiger partial charge is 1.00 e. The molecule has 98 valence electrons. The van der Waals surface area contributed by atoms with E-state index in [1.165, 1.54) is 41.6 Å². The first-order valence-electron chi connectivity index (χ1n) is 4.86. The number of hydrogen-bond donors (Lipinski definition) is 0. The van der Waals surface area contributed by atoms with Crippen LogP contribution in [0.1, 0.15) is 13.1 Å². The first kappa shape index (κ1) is 20.4. The third-order valence-corrected chi connectivity index (χ3v) is 2.72. The fourth-order valence-corrected chi connectivity index (χ4v) is 2.03. The molecule has 0 aliphatic rings. The zero-order chi connectivity index (χ0) is 13.2. The zero-order valence-electron chi connectivity index (χ0n) is 11.2. The number of nitrogens with zero attached hydrogens (tertiary/aromatic N) is 6. The van der Waals surface area contributed by atoms with Gasteiger partial charge >= 0.3 is 59.1 Å². The Labute approximate surface area is 158 Å². The normalized spacial score (nSPS) is 12.6. The summed E-state index contributed by atoms with van der Waals surface area (Å²) in [4.78, 5) is 28.8. The van der Waals surface area contributed by atoms with Crippen LogP contribution in [0.15, 0.2) is 25.3 Å². The van der Waals surface area contributed by atoms with Gasteiger partial charge in [0, 0.05) is 0 Å². The van der Waals surface area contributed by atoms with E-state index in [9.17, 15) is 14.4 Å². The minimum absolute atomic E-state index is 0. The molecule has 1 unspecified atom stereocenters. The summed E-state index contributed by atoms with van der Waals surface area (Å²) in [6.07, 6.45) is 3.47. The molecule has 0 aromatic carbocycles. The molecule has 0 saturated heterocycles. The molecule has 0 aliphatic heterocycles. The second-order valence-electron chi connectivity index (χ2n) is 3.42. The molecule has 10 nitrogen and oxygen atoms in total. The maximum atomic E-state index is 10.6. The summed E-state index contributed by atoms with van der Waals surface area (Å²) in [6.45, 7) is 1.41. The minimum Gasteiger partial charge on any atom is -0.790 e. The predicted octanol–water partition coefficient (Wildman–Crippen LogP) is -7.84. The van der Waals surface area contributed by atoms with Crippen molar-refractivity contribution in [3.63, 3.8) is 0 Å². The van der Waals surface area contributed by atoms with E-state index >= 15 is 0 Å². The smallest absolute Gasteiger partial charge is 0.790 e. The van der Waals surface area contributed by atoms with Crippen LogP contribution in [0.3, 0.4) is 0 Å². The molecule has 20 heavy (non-hydrogen) atoms. The molecule has 0 radical (unpaired) electrons. The number of rotatable bonds is 5. The predicted molar refractivity (Wildman–Crippen MR) is 52.6 cm³/mol. The topological polar surface area (TPSA) is 134 Å². The minimum atomic E-state index is -5.10. The Morgan fingerprint density at radius 1 is 1.10 bits per heavy atom. The second kappa shape index (κ2) is 8.74. The molecule has 1 atom stereocenters. The summed E-state index contributed by atoms with van der Waals surface area (Å²) in [5.74, 6) is 0. The molecule has 2 aromatic heterocycles. The van der Waals surface area contributed by atoms with Crippen molar-refractivity contribution in [3.05, 3.63) is 25.3 Å². The molecule has 2 aromatic rings. The van der Waals surface area contributed by atoms with Gasteiger partial charge in [0.25, 0.3) is 0 Å². The van der Waals surface area contributed by atoms with Crippen LogP contribution in [0, 0.1) is 0 Å². The van der Waals surface area contributed by atoms with Crippen molar-refractivity contribution in [1.29, 1.82) is 0 Å². The Balaban J connectivity index is 0.00000180. The summed E-state index contributed by atoms with van der Waals surface area (Å²) >= 11 is 0. The Morgan fingerprint density at radius 2 is 1.55 bits per heavy atom. The van der Waals surface area contributed by atoms with Crippen molar-refractivity contribution in [2.75, 3.05) is 0 Å². The van der Waals surface area contributed by atoms with E-state index < -0.39 is 20.1 Å². The first-order chi connectivity index (χ1) is 8.47. The third kappa shape index (κ3) is 5.64. The Hall–Kier alpha value is 0.390. The van der Waals surface area contributed by atoms with E-state index in [1.54, 1.807) is 0 Å². The van der Waals surface area contributed by atoms with Crippen molar-refractivity contribution < 1.29 is 78.0 Å². The molecule has 0 spiro atoms. The number of hydrogen-bond acceptors (Lipinski definition) is 8. The van der Waals surface area contributed by atoms with Crippen molar-refractivity contribution in [3.8, 4) is 0 Å². The Kier molecular flexibility index (Phi) is 8.91. The standard InChI is InChI=1S/C7H11N6O4P.2Na/c1-6(17-18(14,15)16)7(12-4-8-2-10-12)13-5-9-3-11-13;;/h2-7H,1H3,(H2,14,15,16);;/q;2*+1/p-2. The van der Waals surface area contributed by atoms with E-state index in [0.717, 1.165) is 0 Å². The van der Waals surface area contributed by atoms with Crippen LogP contribution in [-0.4, -0.2) is 35.6 Å². The second-order valence-corrected chi connectivity index (χ2v) is 4.53. The fraction of sp³-hybridized carbons (Fsp3) is 0.429. The van der Waals surface area contributed by atoms with Gasteiger partial charge in [-0.25, -0.2) is 19.3 Å². The maximum absolute atomic E-state index is 10.6. The van der Waals surface area contributed by atoms with Crippen molar-refractivity contribution in [2.24, 2.45) is 0 Å². The molecule has 0 fully saturated rings. The van der Waals surface area contributed by atoms with Crippen LogP contribution in [-0.2, 0) is 9.09 Å². The van der Waals surface area contributed by atoms with E-state index in [-0.39, 0.29) is 59.1 Å². The van der Waals surface area contributed by atoms with Crippen molar-refractivity contribution in [1.82, 2.24) is 29.5 Å². The van der Waals surface area contributed by atoms with E-state index in [4.69, 9.17) is 0 Å². The molecule has 0 amide bonds. The van der Waals surface area contributed by atoms with Crippen LogP contribution in [0.4, 0.5) is 0 Å². The van der Waals surface area contributed by atoms with Crippen LogP contribution in [0.25, 0.3) is 0 Å². The third-order valence-electron chi connectivity index (χ3n) is 2.13.